The first-order valence-corrected chi connectivity index (χ1v) is 5.04. The van der Waals surface area contributed by atoms with Crippen molar-refractivity contribution < 1.29 is 4.74 Å². The van der Waals surface area contributed by atoms with Crippen molar-refractivity contribution in [3.8, 4) is 11.4 Å². The Morgan fingerprint density at radius 1 is 1.13 bits per heavy atom. The fourth-order valence-electron chi connectivity index (χ4n) is 1.16. The van der Waals surface area contributed by atoms with E-state index < -0.39 is 0 Å². The van der Waals surface area contributed by atoms with Gasteiger partial charge in [0.05, 0.1) is 12.8 Å². The number of methoxy groups -OCH3 is 1. The van der Waals surface area contributed by atoms with E-state index in [1.807, 2.05) is 50.4 Å². The summed E-state index contributed by atoms with van der Waals surface area (Å²) in [6.45, 7) is 4.00. The van der Waals surface area contributed by atoms with Gasteiger partial charge in [-0.2, -0.15) is 5.10 Å². The van der Waals surface area contributed by atoms with Crippen LogP contribution in [0.5, 0.6) is 5.75 Å². The molecular formula is C12H16N2O. The average Bonchev–Trinajstić information content (AvgIpc) is 2.85. The number of aromatic nitrogens is 2. The molecule has 0 N–H and O–H groups in total. The highest BCUT2D eigenvalue weighted by Gasteiger charge is 1.95. The molecule has 0 atom stereocenters. The highest BCUT2D eigenvalue weighted by Crippen LogP contribution is 2.13. The molecule has 0 unspecified atom stereocenters. The molecule has 2 aromatic rings. The summed E-state index contributed by atoms with van der Waals surface area (Å²) in [7, 11) is 1.66. The largest absolute Gasteiger partial charge is 0.497 e. The van der Waals surface area contributed by atoms with Crippen LogP contribution in [0.3, 0.4) is 0 Å². The molecular weight excluding hydrogens is 188 g/mol. The molecule has 0 spiro atoms. The predicted octanol–water partition coefficient (Wildman–Crippen LogP) is 2.91. The van der Waals surface area contributed by atoms with Crippen LogP contribution in [-0.4, -0.2) is 16.9 Å². The Balaban J connectivity index is 0.000000531. The molecule has 0 aliphatic carbocycles. The van der Waals surface area contributed by atoms with Gasteiger partial charge in [-0.3, -0.25) is 0 Å². The minimum Gasteiger partial charge on any atom is -0.497 e. The van der Waals surface area contributed by atoms with Gasteiger partial charge in [0.15, 0.2) is 0 Å². The molecule has 1 heterocycles. The van der Waals surface area contributed by atoms with E-state index in [1.54, 1.807) is 18.0 Å². The summed E-state index contributed by atoms with van der Waals surface area (Å²) in [5, 5.41) is 4.12. The third kappa shape index (κ3) is 2.84. The molecule has 80 valence electrons. The number of benzene rings is 1. The second-order valence-electron chi connectivity index (χ2n) is 2.65. The summed E-state index contributed by atoms with van der Waals surface area (Å²) in [5.41, 5.74) is 1.03. The summed E-state index contributed by atoms with van der Waals surface area (Å²) in [4.78, 5) is 0. The summed E-state index contributed by atoms with van der Waals surface area (Å²) < 4.78 is 6.86. The first-order chi connectivity index (χ1) is 7.40. The van der Waals surface area contributed by atoms with Crippen molar-refractivity contribution in [3.63, 3.8) is 0 Å². The Morgan fingerprint density at radius 2 is 1.80 bits per heavy atom. The molecule has 0 radical (unpaired) electrons. The lowest BCUT2D eigenvalue weighted by atomic mass is 10.3. The van der Waals surface area contributed by atoms with Crippen LogP contribution in [-0.2, 0) is 0 Å². The van der Waals surface area contributed by atoms with Gasteiger partial charge in [-0.25, -0.2) is 4.68 Å². The second-order valence-corrected chi connectivity index (χ2v) is 2.65. The normalized spacial score (nSPS) is 9.00. The third-order valence-corrected chi connectivity index (χ3v) is 1.84. The molecule has 0 saturated carbocycles. The SMILES string of the molecule is CC.COc1ccc(-n2cccn2)cc1. The van der Waals surface area contributed by atoms with Crippen LogP contribution in [0.1, 0.15) is 13.8 Å². The maximum atomic E-state index is 5.06. The Hall–Kier alpha value is -1.77. The molecule has 1 aromatic heterocycles. The van der Waals surface area contributed by atoms with E-state index in [1.165, 1.54) is 0 Å². The summed E-state index contributed by atoms with van der Waals surface area (Å²) in [6, 6.07) is 9.65. The van der Waals surface area contributed by atoms with Crippen LogP contribution in [0.4, 0.5) is 0 Å². The van der Waals surface area contributed by atoms with E-state index in [-0.39, 0.29) is 0 Å². The van der Waals surface area contributed by atoms with E-state index in [4.69, 9.17) is 4.74 Å². The Labute approximate surface area is 90.3 Å². The van der Waals surface area contributed by atoms with Crippen LogP contribution in [0, 0.1) is 0 Å². The molecule has 3 heteroatoms. The van der Waals surface area contributed by atoms with Gasteiger partial charge in [0.2, 0.25) is 0 Å². The zero-order valence-corrected chi connectivity index (χ0v) is 9.34. The van der Waals surface area contributed by atoms with Gasteiger partial charge >= 0.3 is 0 Å². The van der Waals surface area contributed by atoms with Crippen LogP contribution in [0.15, 0.2) is 42.7 Å². The number of nitrogens with zero attached hydrogens (tertiary/aromatic N) is 2. The Bertz CT molecular complexity index is 365. The lowest BCUT2D eigenvalue weighted by Gasteiger charge is -2.02. The Morgan fingerprint density at radius 3 is 2.27 bits per heavy atom. The van der Waals surface area contributed by atoms with Crippen LogP contribution in [0.2, 0.25) is 0 Å². The average molecular weight is 204 g/mol. The first kappa shape index (κ1) is 11.3. The van der Waals surface area contributed by atoms with Crippen LogP contribution in [0.25, 0.3) is 5.69 Å². The molecule has 0 amide bonds. The molecule has 0 bridgehead atoms. The number of ether oxygens (including phenoxy) is 1. The fraction of sp³-hybridized carbons (Fsp3) is 0.250. The molecule has 0 fully saturated rings. The first-order valence-electron chi connectivity index (χ1n) is 5.04. The van der Waals surface area contributed by atoms with Gasteiger partial charge in [-0.15, -0.1) is 0 Å². The molecule has 1 aromatic carbocycles. The smallest absolute Gasteiger partial charge is 0.119 e. The van der Waals surface area contributed by atoms with E-state index >= 15 is 0 Å². The third-order valence-electron chi connectivity index (χ3n) is 1.84. The topological polar surface area (TPSA) is 27.1 Å². The number of hydrogen-bond acceptors (Lipinski definition) is 2. The predicted molar refractivity (Wildman–Crippen MR) is 61.5 cm³/mol. The van der Waals surface area contributed by atoms with Gasteiger partial charge in [-0.1, -0.05) is 13.8 Å². The van der Waals surface area contributed by atoms with Crippen LogP contribution < -0.4 is 4.74 Å². The highest BCUT2D eigenvalue weighted by molar-refractivity contribution is 5.36. The second kappa shape index (κ2) is 5.86. The maximum Gasteiger partial charge on any atom is 0.119 e. The number of rotatable bonds is 2. The molecule has 15 heavy (non-hydrogen) atoms. The van der Waals surface area contributed by atoms with Crippen molar-refractivity contribution in [2.45, 2.75) is 13.8 Å². The van der Waals surface area contributed by atoms with E-state index in [9.17, 15) is 0 Å². The van der Waals surface area contributed by atoms with E-state index in [0.29, 0.717) is 0 Å². The van der Waals surface area contributed by atoms with Gasteiger partial charge in [0, 0.05) is 12.4 Å². The van der Waals surface area contributed by atoms with Gasteiger partial charge in [0.1, 0.15) is 5.75 Å². The summed E-state index contributed by atoms with van der Waals surface area (Å²) in [6.07, 6.45) is 3.66. The highest BCUT2D eigenvalue weighted by atomic mass is 16.5. The van der Waals surface area contributed by atoms with Gasteiger partial charge < -0.3 is 4.74 Å². The standard InChI is InChI=1S/C10H10N2O.C2H6/c1-13-10-5-3-9(4-6-10)12-8-2-7-11-12;1-2/h2-8H,1H3;1-2H3. The Kier molecular flexibility index (Phi) is 4.41. The molecule has 0 aliphatic rings. The van der Waals surface area contributed by atoms with Crippen molar-refractivity contribution >= 4 is 0 Å². The molecule has 3 nitrogen and oxygen atoms in total. The molecule has 0 saturated heterocycles. The van der Waals surface area contributed by atoms with Crippen molar-refractivity contribution in [2.24, 2.45) is 0 Å². The molecule has 0 aliphatic heterocycles. The van der Waals surface area contributed by atoms with E-state index in [2.05, 4.69) is 5.10 Å². The lowest BCUT2D eigenvalue weighted by Crippen LogP contribution is -1.93. The molecule has 2 rings (SSSR count). The van der Waals surface area contributed by atoms with Gasteiger partial charge in [-0.05, 0) is 30.3 Å². The number of hydrogen-bond donors (Lipinski definition) is 0. The quantitative estimate of drug-likeness (QED) is 0.752. The van der Waals surface area contributed by atoms with Crippen molar-refractivity contribution in [2.75, 3.05) is 7.11 Å². The fourth-order valence-corrected chi connectivity index (χ4v) is 1.16. The van der Waals surface area contributed by atoms with Crippen molar-refractivity contribution in [3.05, 3.63) is 42.7 Å². The minimum absolute atomic E-state index is 0.857. The summed E-state index contributed by atoms with van der Waals surface area (Å²) >= 11 is 0. The van der Waals surface area contributed by atoms with Gasteiger partial charge in [0.25, 0.3) is 0 Å². The minimum atomic E-state index is 0.857. The monoisotopic (exact) mass is 204 g/mol. The zero-order valence-electron chi connectivity index (χ0n) is 9.34. The maximum absolute atomic E-state index is 5.06. The summed E-state index contributed by atoms with van der Waals surface area (Å²) in [5.74, 6) is 0.857. The van der Waals surface area contributed by atoms with E-state index in [0.717, 1.165) is 11.4 Å². The van der Waals surface area contributed by atoms with Crippen LogP contribution >= 0.6 is 0 Å². The lowest BCUT2D eigenvalue weighted by molar-refractivity contribution is 0.414. The van der Waals surface area contributed by atoms with Crippen molar-refractivity contribution in [1.29, 1.82) is 0 Å². The van der Waals surface area contributed by atoms with Crippen molar-refractivity contribution in [1.82, 2.24) is 9.78 Å². The zero-order chi connectivity index (χ0) is 11.1.